The lowest BCUT2D eigenvalue weighted by atomic mass is 9.90. The maximum absolute atomic E-state index is 12.1. The highest BCUT2D eigenvalue weighted by molar-refractivity contribution is 6.23. The van der Waals surface area contributed by atoms with Crippen LogP contribution in [0.25, 0.3) is 0 Å². The molecule has 3 rings (SSSR count). The number of hydrogen-bond acceptors (Lipinski definition) is 4. The van der Waals surface area contributed by atoms with Crippen LogP contribution in [0.4, 0.5) is 4.79 Å². The number of fused-ring (bicyclic) bond motifs is 2. The molecule has 18 heavy (non-hydrogen) atoms. The molecule has 5 nitrogen and oxygen atoms in total. The number of Topliss-reactive ketones (excluding diaryl/α,β-unsaturated/α-hetero) is 2. The maximum atomic E-state index is 12.1. The predicted molar refractivity (Wildman–Crippen MR) is 61.5 cm³/mol. The smallest absolute Gasteiger partial charge is 0.411 e. The summed E-state index contributed by atoms with van der Waals surface area (Å²) in [5.74, 6) is -0.355. The van der Waals surface area contributed by atoms with Gasteiger partial charge in [0.1, 0.15) is 12.1 Å². The lowest BCUT2D eigenvalue weighted by molar-refractivity contribution is 0.0922. The minimum absolute atomic E-state index is 0.178. The molecular weight excluding hydrogens is 234 g/mol. The summed E-state index contributed by atoms with van der Waals surface area (Å²) in [6.45, 7) is 1.91. The molecule has 1 aliphatic carbocycles. The molecule has 1 fully saturated rings. The first kappa shape index (κ1) is 11.0. The van der Waals surface area contributed by atoms with Crippen molar-refractivity contribution >= 4 is 17.7 Å². The number of rotatable bonds is 1. The topological polar surface area (TPSA) is 63.5 Å². The highest BCUT2D eigenvalue weighted by Crippen LogP contribution is 2.39. The fourth-order valence-electron chi connectivity index (χ4n) is 2.43. The van der Waals surface area contributed by atoms with Gasteiger partial charge < -0.3 is 4.74 Å². The Bertz CT molecular complexity index is 525. The van der Waals surface area contributed by atoms with E-state index in [1.54, 1.807) is 31.2 Å². The highest BCUT2D eigenvalue weighted by Gasteiger charge is 2.63. The Morgan fingerprint density at radius 2 is 1.67 bits per heavy atom. The van der Waals surface area contributed by atoms with Crippen LogP contribution in [-0.2, 0) is 4.74 Å². The molecule has 0 radical (unpaired) electrons. The van der Waals surface area contributed by atoms with E-state index in [9.17, 15) is 14.4 Å². The van der Waals surface area contributed by atoms with Crippen LogP contribution in [0, 0.1) is 0 Å². The number of ether oxygens (including phenoxy) is 1. The molecule has 1 aliphatic heterocycles. The van der Waals surface area contributed by atoms with Gasteiger partial charge in [-0.3, -0.25) is 14.5 Å². The van der Waals surface area contributed by atoms with Gasteiger partial charge in [-0.25, -0.2) is 4.79 Å². The van der Waals surface area contributed by atoms with E-state index in [0.29, 0.717) is 11.1 Å². The predicted octanol–water partition coefficient (Wildman–Crippen LogP) is 1.27. The standard InChI is InChI=1S/C13H11NO4/c1-2-18-13(17)14-9-10(14)12(16)8-6-4-3-5-7(8)11(9)15/h3-6,9-10H,2H2,1H3. The number of carbonyl (C=O) groups excluding carboxylic acids is 3. The Morgan fingerprint density at radius 1 is 1.17 bits per heavy atom. The molecule has 2 aliphatic rings. The van der Waals surface area contributed by atoms with Gasteiger partial charge in [-0.15, -0.1) is 0 Å². The van der Waals surface area contributed by atoms with Gasteiger partial charge in [0, 0.05) is 11.1 Å². The van der Waals surface area contributed by atoms with Gasteiger partial charge >= 0.3 is 6.09 Å². The SMILES string of the molecule is CCOC(=O)N1C2C(=O)c3ccccc3C(=O)C21. The van der Waals surface area contributed by atoms with Crippen molar-refractivity contribution in [2.24, 2.45) is 0 Å². The van der Waals surface area contributed by atoms with Gasteiger partial charge in [-0.05, 0) is 6.92 Å². The average molecular weight is 245 g/mol. The molecule has 2 unspecified atom stereocenters. The van der Waals surface area contributed by atoms with Crippen molar-refractivity contribution in [3.05, 3.63) is 35.4 Å². The number of benzene rings is 1. The third-order valence-corrected chi connectivity index (χ3v) is 3.28. The van der Waals surface area contributed by atoms with E-state index in [2.05, 4.69) is 0 Å². The van der Waals surface area contributed by atoms with Crippen LogP contribution < -0.4 is 0 Å². The van der Waals surface area contributed by atoms with Crippen LogP contribution in [0.3, 0.4) is 0 Å². The van der Waals surface area contributed by atoms with Crippen LogP contribution in [0.2, 0.25) is 0 Å². The van der Waals surface area contributed by atoms with E-state index in [0.717, 1.165) is 0 Å². The molecule has 0 bridgehead atoms. The highest BCUT2D eigenvalue weighted by atomic mass is 16.6. The lowest BCUT2D eigenvalue weighted by Crippen LogP contribution is -2.25. The molecule has 0 N–H and O–H groups in total. The number of amides is 1. The quantitative estimate of drug-likeness (QED) is 0.699. The Kier molecular flexibility index (Phi) is 2.23. The summed E-state index contributed by atoms with van der Waals surface area (Å²) in [5, 5.41) is 0. The average Bonchev–Trinajstić information content (AvgIpc) is 3.12. The van der Waals surface area contributed by atoms with Gasteiger partial charge in [0.25, 0.3) is 0 Å². The largest absolute Gasteiger partial charge is 0.450 e. The number of nitrogens with zero attached hydrogens (tertiary/aromatic N) is 1. The lowest BCUT2D eigenvalue weighted by Gasteiger charge is -2.09. The number of carbonyl (C=O) groups is 3. The van der Waals surface area contributed by atoms with E-state index in [4.69, 9.17) is 4.74 Å². The van der Waals surface area contributed by atoms with Crippen LogP contribution in [0.15, 0.2) is 24.3 Å². The van der Waals surface area contributed by atoms with Gasteiger partial charge in [0.15, 0.2) is 11.6 Å². The Morgan fingerprint density at radius 3 is 2.11 bits per heavy atom. The van der Waals surface area contributed by atoms with Gasteiger partial charge in [-0.1, -0.05) is 24.3 Å². The molecule has 1 aromatic rings. The number of hydrogen-bond donors (Lipinski definition) is 0. The minimum atomic E-state index is -0.661. The van der Waals surface area contributed by atoms with Crippen molar-refractivity contribution in [3.8, 4) is 0 Å². The van der Waals surface area contributed by atoms with E-state index in [1.807, 2.05) is 0 Å². The monoisotopic (exact) mass is 245 g/mol. The molecule has 1 saturated heterocycles. The summed E-state index contributed by atoms with van der Waals surface area (Å²) in [4.78, 5) is 37.1. The molecule has 0 spiro atoms. The van der Waals surface area contributed by atoms with E-state index in [1.165, 1.54) is 4.90 Å². The third-order valence-electron chi connectivity index (χ3n) is 3.28. The van der Waals surface area contributed by atoms with Crippen LogP contribution >= 0.6 is 0 Å². The van der Waals surface area contributed by atoms with Crippen LogP contribution in [0.1, 0.15) is 27.6 Å². The normalized spacial score (nSPS) is 24.4. The molecule has 1 amide bonds. The second-order valence-electron chi connectivity index (χ2n) is 4.27. The zero-order valence-electron chi connectivity index (χ0n) is 9.75. The van der Waals surface area contributed by atoms with Crippen molar-refractivity contribution in [1.29, 1.82) is 0 Å². The first-order chi connectivity index (χ1) is 8.66. The molecule has 0 saturated carbocycles. The molecule has 5 heteroatoms. The second-order valence-corrected chi connectivity index (χ2v) is 4.27. The van der Waals surface area contributed by atoms with Crippen LogP contribution in [-0.4, -0.2) is 41.3 Å². The number of ketones is 2. The summed E-state index contributed by atoms with van der Waals surface area (Å²) in [6, 6.07) is 5.34. The van der Waals surface area contributed by atoms with Crippen molar-refractivity contribution in [3.63, 3.8) is 0 Å². The summed E-state index contributed by atoms with van der Waals surface area (Å²) < 4.78 is 4.84. The van der Waals surface area contributed by atoms with Crippen molar-refractivity contribution in [2.45, 2.75) is 19.0 Å². The summed E-state index contributed by atoms with van der Waals surface area (Å²) in [5.41, 5.74) is 0.797. The Balaban J connectivity index is 1.96. The van der Waals surface area contributed by atoms with Gasteiger partial charge in [0.2, 0.25) is 0 Å². The van der Waals surface area contributed by atoms with Gasteiger partial charge in [-0.2, -0.15) is 0 Å². The molecule has 1 heterocycles. The molecular formula is C13H11NO4. The Labute approximate surface area is 103 Å². The first-order valence-electron chi connectivity index (χ1n) is 5.79. The minimum Gasteiger partial charge on any atom is -0.450 e. The molecule has 0 aromatic heterocycles. The van der Waals surface area contributed by atoms with E-state index in [-0.39, 0.29) is 18.2 Å². The summed E-state index contributed by atoms with van der Waals surface area (Å²) >= 11 is 0. The van der Waals surface area contributed by atoms with E-state index >= 15 is 0 Å². The van der Waals surface area contributed by atoms with Crippen molar-refractivity contribution in [1.82, 2.24) is 4.90 Å². The van der Waals surface area contributed by atoms with E-state index < -0.39 is 18.2 Å². The Hall–Kier alpha value is -2.17. The van der Waals surface area contributed by atoms with Gasteiger partial charge in [0.05, 0.1) is 6.61 Å². The molecule has 2 atom stereocenters. The maximum Gasteiger partial charge on any atom is 0.411 e. The molecule has 1 aromatic carbocycles. The first-order valence-corrected chi connectivity index (χ1v) is 5.79. The zero-order chi connectivity index (χ0) is 12.9. The zero-order valence-corrected chi connectivity index (χ0v) is 9.75. The third kappa shape index (κ3) is 1.30. The molecule has 92 valence electrons. The fourth-order valence-corrected chi connectivity index (χ4v) is 2.43. The van der Waals surface area contributed by atoms with Crippen LogP contribution in [0.5, 0.6) is 0 Å². The summed E-state index contributed by atoms with van der Waals surface area (Å²) in [6.07, 6.45) is -0.595. The van der Waals surface area contributed by atoms with Crippen molar-refractivity contribution < 1.29 is 19.1 Å². The fraction of sp³-hybridized carbons (Fsp3) is 0.308. The second kappa shape index (κ2) is 3.66. The summed E-state index contributed by atoms with van der Waals surface area (Å²) in [7, 11) is 0. The van der Waals surface area contributed by atoms with Crippen molar-refractivity contribution in [2.75, 3.05) is 6.61 Å².